The van der Waals surface area contributed by atoms with Gasteiger partial charge in [0.05, 0.1) is 18.8 Å². The van der Waals surface area contributed by atoms with E-state index in [9.17, 15) is 22.0 Å². The molecular weight excluding hydrogens is 475 g/mol. The Morgan fingerprint density at radius 1 is 0.917 bits per heavy atom. The summed E-state index contributed by atoms with van der Waals surface area (Å²) in [5.74, 6) is 2.60. The summed E-state index contributed by atoms with van der Waals surface area (Å²) in [7, 11) is 0. The van der Waals surface area contributed by atoms with Crippen LogP contribution in [0.1, 0.15) is 55.6 Å². The Morgan fingerprint density at radius 3 is 2.33 bits per heavy atom. The summed E-state index contributed by atoms with van der Waals surface area (Å²) in [5, 5.41) is 0.419. The standard InChI is InChI=1S/C29H29F5O2/c1-2-17-15-35-28(36-16-17)22-6-5-19-11-18(3-4-20(19)12-22)21-7-8-24-23(13-21)14-26(30)25(27(24)31)9-10-29(32,33)34/h2,7-8,13-14,17-20,22,28H,1,3-6,11-12,15-16H2. The molecule has 0 spiro atoms. The van der Waals surface area contributed by atoms with Gasteiger partial charge in [0.25, 0.3) is 0 Å². The number of hydrogen-bond acceptors (Lipinski definition) is 2. The average Bonchev–Trinajstić information content (AvgIpc) is 2.87. The lowest BCUT2D eigenvalue weighted by atomic mass is 9.63. The molecule has 5 rings (SSSR count). The number of rotatable bonds is 3. The SMILES string of the molecule is C=CC1COC(C2CCC3CC(c4ccc5c(F)c(C#CC(F)(F)F)c(F)cc5c4)CCC3C2)OC1. The maximum atomic E-state index is 14.8. The number of fused-ring (bicyclic) bond motifs is 2. The second-order valence-electron chi connectivity index (χ2n) is 10.4. The molecule has 2 nitrogen and oxygen atoms in total. The van der Waals surface area contributed by atoms with Crippen LogP contribution in [-0.4, -0.2) is 25.7 Å². The normalized spacial score (nSPS) is 30.8. The van der Waals surface area contributed by atoms with E-state index in [0.29, 0.717) is 42.3 Å². The lowest BCUT2D eigenvalue weighted by Gasteiger charge is -2.45. The third kappa shape index (κ3) is 5.31. The zero-order chi connectivity index (χ0) is 25.4. The summed E-state index contributed by atoms with van der Waals surface area (Å²) in [4.78, 5) is 0. The first-order valence-electron chi connectivity index (χ1n) is 12.6. The number of hydrogen-bond donors (Lipinski definition) is 0. The fraction of sp³-hybridized carbons (Fsp3) is 0.517. The van der Waals surface area contributed by atoms with Crippen molar-refractivity contribution in [3.8, 4) is 11.8 Å². The van der Waals surface area contributed by atoms with Crippen molar-refractivity contribution in [2.75, 3.05) is 13.2 Å². The van der Waals surface area contributed by atoms with Crippen LogP contribution in [0.2, 0.25) is 0 Å². The Kier molecular flexibility index (Phi) is 7.11. The molecule has 0 aromatic heterocycles. The Bertz CT molecular complexity index is 1190. The molecule has 1 saturated heterocycles. The molecule has 2 aromatic rings. The van der Waals surface area contributed by atoms with Crippen molar-refractivity contribution in [3.63, 3.8) is 0 Å². The van der Waals surface area contributed by atoms with Gasteiger partial charge < -0.3 is 9.47 Å². The van der Waals surface area contributed by atoms with Crippen LogP contribution in [0.5, 0.6) is 0 Å². The predicted molar refractivity (Wildman–Crippen MR) is 127 cm³/mol. The fourth-order valence-electron chi connectivity index (χ4n) is 6.27. The summed E-state index contributed by atoms with van der Waals surface area (Å²) in [6.45, 7) is 5.15. The number of benzene rings is 2. The summed E-state index contributed by atoms with van der Waals surface area (Å²) >= 11 is 0. The van der Waals surface area contributed by atoms with E-state index >= 15 is 0 Å². The van der Waals surface area contributed by atoms with E-state index < -0.39 is 23.4 Å². The van der Waals surface area contributed by atoms with E-state index in [-0.39, 0.29) is 17.6 Å². The van der Waals surface area contributed by atoms with E-state index in [1.165, 1.54) is 6.07 Å². The largest absolute Gasteiger partial charge is 0.458 e. The summed E-state index contributed by atoms with van der Waals surface area (Å²) < 4.78 is 78.4. The first kappa shape index (κ1) is 25.2. The lowest BCUT2D eigenvalue weighted by Crippen LogP contribution is -2.41. The second kappa shape index (κ2) is 10.1. The molecule has 2 saturated carbocycles. The molecule has 36 heavy (non-hydrogen) atoms. The lowest BCUT2D eigenvalue weighted by molar-refractivity contribution is -0.226. The third-order valence-electron chi connectivity index (χ3n) is 8.17. The van der Waals surface area contributed by atoms with Crippen LogP contribution in [0.3, 0.4) is 0 Å². The zero-order valence-electron chi connectivity index (χ0n) is 19.9. The highest BCUT2D eigenvalue weighted by molar-refractivity contribution is 5.85. The van der Waals surface area contributed by atoms with Crippen molar-refractivity contribution in [2.24, 2.45) is 23.7 Å². The molecule has 3 aliphatic rings. The Balaban J connectivity index is 1.27. The van der Waals surface area contributed by atoms with Gasteiger partial charge in [0.15, 0.2) is 6.29 Å². The molecular formula is C29H29F5O2. The molecule has 1 aliphatic heterocycles. The zero-order valence-corrected chi connectivity index (χ0v) is 19.9. The van der Waals surface area contributed by atoms with Crippen molar-refractivity contribution in [2.45, 2.75) is 56.9 Å². The summed E-state index contributed by atoms with van der Waals surface area (Å²) in [6, 6.07) is 6.22. The van der Waals surface area contributed by atoms with Crippen LogP contribution in [-0.2, 0) is 9.47 Å². The minimum absolute atomic E-state index is 0.0759. The van der Waals surface area contributed by atoms with Gasteiger partial charge in [0, 0.05) is 23.1 Å². The smallest absolute Gasteiger partial charge is 0.352 e. The first-order chi connectivity index (χ1) is 17.2. The van der Waals surface area contributed by atoms with E-state index in [1.807, 2.05) is 12.1 Å². The van der Waals surface area contributed by atoms with Crippen LogP contribution in [0, 0.1) is 47.1 Å². The maximum absolute atomic E-state index is 14.8. The monoisotopic (exact) mass is 504 g/mol. The minimum atomic E-state index is -4.82. The van der Waals surface area contributed by atoms with Gasteiger partial charge in [-0.15, -0.1) is 6.58 Å². The highest BCUT2D eigenvalue weighted by Gasteiger charge is 2.40. The van der Waals surface area contributed by atoms with E-state index in [0.717, 1.165) is 56.1 Å². The van der Waals surface area contributed by atoms with Crippen molar-refractivity contribution in [1.82, 2.24) is 0 Å². The third-order valence-corrected chi connectivity index (χ3v) is 8.17. The molecule has 192 valence electrons. The van der Waals surface area contributed by atoms with Gasteiger partial charge in [-0.25, -0.2) is 8.78 Å². The van der Waals surface area contributed by atoms with E-state index in [4.69, 9.17) is 9.47 Å². The molecule has 7 heteroatoms. The molecule has 2 aromatic carbocycles. The van der Waals surface area contributed by atoms with Crippen LogP contribution < -0.4 is 0 Å². The predicted octanol–water partition coefficient (Wildman–Crippen LogP) is 7.51. The number of alkyl halides is 3. The van der Waals surface area contributed by atoms with Gasteiger partial charge in [-0.2, -0.15) is 13.2 Å². The van der Waals surface area contributed by atoms with Crippen LogP contribution >= 0.6 is 0 Å². The molecule has 0 amide bonds. The highest BCUT2D eigenvalue weighted by Crippen LogP contribution is 2.49. The van der Waals surface area contributed by atoms with Gasteiger partial charge in [-0.3, -0.25) is 0 Å². The topological polar surface area (TPSA) is 18.5 Å². The number of halogens is 5. The highest BCUT2D eigenvalue weighted by atomic mass is 19.4. The molecule has 3 fully saturated rings. The van der Waals surface area contributed by atoms with Crippen LogP contribution in [0.25, 0.3) is 10.8 Å². The van der Waals surface area contributed by atoms with E-state index in [2.05, 4.69) is 6.58 Å². The Hall–Kier alpha value is -2.43. The van der Waals surface area contributed by atoms with E-state index in [1.54, 1.807) is 12.0 Å². The van der Waals surface area contributed by atoms with Gasteiger partial charge in [0.1, 0.15) is 11.6 Å². The maximum Gasteiger partial charge on any atom is 0.458 e. The molecule has 2 aliphatic carbocycles. The average molecular weight is 505 g/mol. The van der Waals surface area contributed by atoms with Gasteiger partial charge in [-0.1, -0.05) is 30.2 Å². The Labute approximate surface area is 207 Å². The van der Waals surface area contributed by atoms with Crippen molar-refractivity contribution in [3.05, 3.63) is 59.7 Å². The van der Waals surface area contributed by atoms with Crippen LogP contribution in [0.15, 0.2) is 36.9 Å². The fourth-order valence-corrected chi connectivity index (χ4v) is 6.27. The molecule has 0 bridgehead atoms. The summed E-state index contributed by atoms with van der Waals surface area (Å²) in [5.41, 5.74) is 0.168. The molecule has 0 N–H and O–H groups in total. The molecule has 0 radical (unpaired) electrons. The van der Waals surface area contributed by atoms with Crippen LogP contribution in [0.4, 0.5) is 22.0 Å². The Morgan fingerprint density at radius 2 is 1.61 bits per heavy atom. The van der Waals surface area contributed by atoms with Gasteiger partial charge in [0.2, 0.25) is 0 Å². The molecule has 1 heterocycles. The molecule has 4 unspecified atom stereocenters. The second-order valence-corrected chi connectivity index (χ2v) is 10.4. The van der Waals surface area contributed by atoms with Crippen molar-refractivity contribution in [1.29, 1.82) is 0 Å². The molecule has 4 atom stereocenters. The van der Waals surface area contributed by atoms with Gasteiger partial charge in [-0.05, 0) is 73.3 Å². The van der Waals surface area contributed by atoms with Crippen molar-refractivity contribution >= 4 is 10.8 Å². The van der Waals surface area contributed by atoms with Gasteiger partial charge >= 0.3 is 6.18 Å². The first-order valence-corrected chi connectivity index (χ1v) is 12.6. The quantitative estimate of drug-likeness (QED) is 0.245. The minimum Gasteiger partial charge on any atom is -0.352 e. The van der Waals surface area contributed by atoms with Crippen molar-refractivity contribution < 1.29 is 31.4 Å². The number of ether oxygens (including phenoxy) is 2. The summed E-state index contributed by atoms with van der Waals surface area (Å²) in [6.07, 6.45) is 3.29.